The van der Waals surface area contributed by atoms with E-state index in [-0.39, 0.29) is 12.5 Å². The molecule has 1 heterocycles. The Labute approximate surface area is 200 Å². The molecule has 1 saturated heterocycles. The van der Waals surface area contributed by atoms with Crippen molar-refractivity contribution in [3.63, 3.8) is 0 Å². The van der Waals surface area contributed by atoms with Crippen molar-refractivity contribution in [2.75, 3.05) is 26.2 Å². The minimum absolute atomic E-state index is 0.202. The third-order valence-corrected chi connectivity index (χ3v) is 5.33. The Kier molecular flexibility index (Phi) is 8.51. The van der Waals surface area contributed by atoms with E-state index in [0.717, 1.165) is 11.1 Å². The van der Waals surface area contributed by atoms with E-state index < -0.39 is 23.8 Å². The lowest BCUT2D eigenvalue weighted by Gasteiger charge is -2.36. The maximum absolute atomic E-state index is 13.3. The summed E-state index contributed by atoms with van der Waals surface area (Å²) >= 11 is 0. The Morgan fingerprint density at radius 2 is 1.38 bits per heavy atom. The second-order valence-corrected chi connectivity index (χ2v) is 9.24. The molecule has 0 aromatic heterocycles. The summed E-state index contributed by atoms with van der Waals surface area (Å²) in [6.07, 6.45) is -0.688. The van der Waals surface area contributed by atoms with Crippen molar-refractivity contribution in [1.29, 1.82) is 0 Å². The van der Waals surface area contributed by atoms with Crippen LogP contribution in [-0.2, 0) is 27.3 Å². The molecule has 1 fully saturated rings. The van der Waals surface area contributed by atoms with Crippen molar-refractivity contribution >= 4 is 18.1 Å². The minimum Gasteiger partial charge on any atom is -0.445 e. The molecule has 0 unspecified atom stereocenters. The van der Waals surface area contributed by atoms with Crippen LogP contribution in [0.5, 0.6) is 0 Å². The summed E-state index contributed by atoms with van der Waals surface area (Å²) in [5.74, 6) is -0.202. The fourth-order valence-electron chi connectivity index (χ4n) is 3.64. The number of hydrogen-bond donors (Lipinski definition) is 1. The molecule has 8 nitrogen and oxygen atoms in total. The van der Waals surface area contributed by atoms with Crippen molar-refractivity contribution in [2.45, 2.75) is 45.4 Å². The molecule has 0 saturated carbocycles. The van der Waals surface area contributed by atoms with E-state index in [4.69, 9.17) is 9.47 Å². The molecule has 8 heteroatoms. The van der Waals surface area contributed by atoms with Gasteiger partial charge in [-0.25, -0.2) is 9.59 Å². The van der Waals surface area contributed by atoms with Crippen LogP contribution in [0.2, 0.25) is 0 Å². The van der Waals surface area contributed by atoms with Crippen LogP contribution < -0.4 is 5.32 Å². The number of carbonyl (C=O) groups is 3. The number of carbonyl (C=O) groups excluding carboxylic acids is 3. The van der Waals surface area contributed by atoms with Crippen LogP contribution in [-0.4, -0.2) is 65.7 Å². The van der Waals surface area contributed by atoms with Gasteiger partial charge in [-0.3, -0.25) is 4.79 Å². The standard InChI is InChI=1S/C26H33N3O5/c1-26(2,3)34-24(31)27-22(18-20-10-6-4-7-11-20)23(30)28-14-16-29(17-15-28)25(32)33-19-21-12-8-5-9-13-21/h4-13,22H,14-19H2,1-3H3,(H,27,31)/t22-/m1/s1. The van der Waals surface area contributed by atoms with Crippen LogP contribution >= 0.6 is 0 Å². The Bertz CT molecular complexity index is 951. The smallest absolute Gasteiger partial charge is 0.410 e. The van der Waals surface area contributed by atoms with Crippen LogP contribution in [0.15, 0.2) is 60.7 Å². The first-order valence-corrected chi connectivity index (χ1v) is 11.5. The van der Waals surface area contributed by atoms with E-state index in [0.29, 0.717) is 32.6 Å². The second-order valence-electron chi connectivity index (χ2n) is 9.24. The molecule has 1 aliphatic rings. The predicted molar refractivity (Wildman–Crippen MR) is 128 cm³/mol. The molecular formula is C26H33N3O5. The third kappa shape index (κ3) is 7.79. The highest BCUT2D eigenvalue weighted by atomic mass is 16.6. The van der Waals surface area contributed by atoms with Gasteiger partial charge < -0.3 is 24.6 Å². The van der Waals surface area contributed by atoms with Gasteiger partial charge in [0.15, 0.2) is 0 Å². The van der Waals surface area contributed by atoms with Gasteiger partial charge in [0.2, 0.25) is 5.91 Å². The summed E-state index contributed by atoms with van der Waals surface area (Å²) in [5.41, 5.74) is 1.18. The largest absolute Gasteiger partial charge is 0.445 e. The van der Waals surface area contributed by atoms with Gasteiger partial charge in [0.1, 0.15) is 18.2 Å². The van der Waals surface area contributed by atoms with E-state index in [1.807, 2.05) is 60.7 Å². The lowest BCUT2D eigenvalue weighted by molar-refractivity contribution is -0.135. The number of benzene rings is 2. The Morgan fingerprint density at radius 1 is 0.853 bits per heavy atom. The van der Waals surface area contributed by atoms with Gasteiger partial charge in [-0.15, -0.1) is 0 Å². The van der Waals surface area contributed by atoms with Crippen LogP contribution in [0, 0.1) is 0 Å². The number of nitrogens with zero attached hydrogens (tertiary/aromatic N) is 2. The summed E-state index contributed by atoms with van der Waals surface area (Å²) in [5, 5.41) is 2.73. The molecular weight excluding hydrogens is 434 g/mol. The number of piperazine rings is 1. The molecule has 3 amide bonds. The molecule has 2 aromatic rings. The minimum atomic E-state index is -0.770. The number of hydrogen-bond acceptors (Lipinski definition) is 5. The zero-order valence-electron chi connectivity index (χ0n) is 20.0. The summed E-state index contributed by atoms with van der Waals surface area (Å²) in [7, 11) is 0. The Morgan fingerprint density at radius 3 is 1.94 bits per heavy atom. The van der Waals surface area contributed by atoms with Crippen molar-refractivity contribution in [3.8, 4) is 0 Å². The first-order valence-electron chi connectivity index (χ1n) is 11.5. The fourth-order valence-corrected chi connectivity index (χ4v) is 3.64. The highest BCUT2D eigenvalue weighted by Crippen LogP contribution is 2.13. The molecule has 34 heavy (non-hydrogen) atoms. The normalized spacial score (nSPS) is 14.8. The zero-order chi connectivity index (χ0) is 24.6. The van der Waals surface area contributed by atoms with Gasteiger partial charge in [-0.2, -0.15) is 0 Å². The molecule has 1 aliphatic heterocycles. The molecule has 1 N–H and O–H groups in total. The predicted octanol–water partition coefficient (Wildman–Crippen LogP) is 3.60. The van der Waals surface area contributed by atoms with E-state index in [1.165, 1.54) is 0 Å². The number of alkyl carbamates (subject to hydrolysis) is 1. The quantitative estimate of drug-likeness (QED) is 0.701. The van der Waals surface area contributed by atoms with Crippen molar-refractivity contribution in [3.05, 3.63) is 71.8 Å². The molecule has 3 rings (SSSR count). The Balaban J connectivity index is 1.57. The highest BCUT2D eigenvalue weighted by Gasteiger charge is 2.31. The highest BCUT2D eigenvalue weighted by molar-refractivity contribution is 5.86. The first kappa shape index (κ1) is 25.1. The van der Waals surface area contributed by atoms with E-state index in [9.17, 15) is 14.4 Å². The monoisotopic (exact) mass is 467 g/mol. The number of rotatable bonds is 6. The second kappa shape index (κ2) is 11.5. The lowest BCUT2D eigenvalue weighted by atomic mass is 10.0. The molecule has 0 spiro atoms. The molecule has 0 radical (unpaired) electrons. The number of amides is 3. The van der Waals surface area contributed by atoms with Crippen LogP contribution in [0.25, 0.3) is 0 Å². The lowest BCUT2D eigenvalue weighted by Crippen LogP contribution is -2.56. The summed E-state index contributed by atoms with van der Waals surface area (Å²) in [6, 6.07) is 18.2. The van der Waals surface area contributed by atoms with Crippen molar-refractivity contribution in [2.24, 2.45) is 0 Å². The Hall–Kier alpha value is -3.55. The first-order chi connectivity index (χ1) is 16.2. The van der Waals surface area contributed by atoms with Gasteiger partial charge in [0, 0.05) is 32.6 Å². The average Bonchev–Trinajstić information content (AvgIpc) is 2.82. The summed E-state index contributed by atoms with van der Waals surface area (Å²) in [6.45, 7) is 6.98. The number of ether oxygens (including phenoxy) is 2. The SMILES string of the molecule is CC(C)(C)OC(=O)N[C@H](Cc1ccccc1)C(=O)N1CCN(C(=O)OCc2ccccc2)CC1. The van der Waals surface area contributed by atoms with Crippen LogP contribution in [0.3, 0.4) is 0 Å². The fraction of sp³-hybridized carbons (Fsp3) is 0.423. The number of nitrogens with one attached hydrogen (secondary N) is 1. The van der Waals surface area contributed by atoms with Crippen LogP contribution in [0.4, 0.5) is 9.59 Å². The molecule has 2 aromatic carbocycles. The van der Waals surface area contributed by atoms with Crippen molar-refractivity contribution in [1.82, 2.24) is 15.1 Å². The van der Waals surface area contributed by atoms with E-state index >= 15 is 0 Å². The third-order valence-electron chi connectivity index (χ3n) is 5.33. The summed E-state index contributed by atoms with van der Waals surface area (Å²) in [4.78, 5) is 41.4. The van der Waals surface area contributed by atoms with Crippen molar-refractivity contribution < 1.29 is 23.9 Å². The van der Waals surface area contributed by atoms with Gasteiger partial charge in [0.05, 0.1) is 0 Å². The van der Waals surface area contributed by atoms with E-state index in [2.05, 4.69) is 5.32 Å². The molecule has 182 valence electrons. The molecule has 0 bridgehead atoms. The maximum atomic E-state index is 13.3. The van der Waals surface area contributed by atoms with E-state index in [1.54, 1.807) is 30.6 Å². The topological polar surface area (TPSA) is 88.2 Å². The van der Waals surface area contributed by atoms with Crippen LogP contribution in [0.1, 0.15) is 31.9 Å². The van der Waals surface area contributed by atoms with Gasteiger partial charge in [-0.1, -0.05) is 60.7 Å². The van der Waals surface area contributed by atoms with Gasteiger partial charge >= 0.3 is 12.2 Å². The average molecular weight is 468 g/mol. The van der Waals surface area contributed by atoms with Gasteiger partial charge in [-0.05, 0) is 31.9 Å². The molecule has 0 aliphatic carbocycles. The maximum Gasteiger partial charge on any atom is 0.410 e. The zero-order valence-corrected chi connectivity index (χ0v) is 20.0. The summed E-state index contributed by atoms with van der Waals surface area (Å²) < 4.78 is 10.8. The molecule has 1 atom stereocenters. The van der Waals surface area contributed by atoms with Gasteiger partial charge in [0.25, 0.3) is 0 Å².